The Labute approximate surface area is 73.5 Å². The number of amides is 1. The third-order valence-electron chi connectivity index (χ3n) is 1.47. The number of nitrogens with zero attached hydrogens (tertiary/aromatic N) is 1. The summed E-state index contributed by atoms with van der Waals surface area (Å²) in [6.45, 7) is 1.55. The SMILES string of the molecule is CC1=NC(=O)C(C(=O)O)C=C1Cl. The molecule has 1 rings (SSSR count). The standard InChI is InChI=1S/C7H6ClNO3/c1-3-5(8)2-4(7(11)12)6(10)9-3/h2,4H,1H3,(H,11,12). The minimum absolute atomic E-state index is 0.224. The van der Waals surface area contributed by atoms with Gasteiger partial charge in [-0.25, -0.2) is 4.99 Å². The molecule has 0 aromatic rings. The molecule has 1 N–H and O–H groups in total. The van der Waals surface area contributed by atoms with Crippen LogP contribution in [0.15, 0.2) is 16.1 Å². The lowest BCUT2D eigenvalue weighted by molar-refractivity contribution is -0.143. The molecule has 1 aliphatic heterocycles. The van der Waals surface area contributed by atoms with Gasteiger partial charge in [-0.3, -0.25) is 9.59 Å². The van der Waals surface area contributed by atoms with Crippen molar-refractivity contribution in [2.75, 3.05) is 0 Å². The monoisotopic (exact) mass is 187 g/mol. The molecule has 0 saturated carbocycles. The van der Waals surface area contributed by atoms with Gasteiger partial charge in [0.05, 0.1) is 10.7 Å². The second-order valence-electron chi connectivity index (χ2n) is 2.37. The van der Waals surface area contributed by atoms with Gasteiger partial charge in [0.25, 0.3) is 5.91 Å². The highest BCUT2D eigenvalue weighted by Gasteiger charge is 2.27. The molecule has 0 bridgehead atoms. The molecule has 0 spiro atoms. The summed E-state index contributed by atoms with van der Waals surface area (Å²) >= 11 is 5.59. The van der Waals surface area contributed by atoms with Gasteiger partial charge in [0.2, 0.25) is 0 Å². The molecule has 64 valence electrons. The molecule has 1 unspecified atom stereocenters. The third-order valence-corrected chi connectivity index (χ3v) is 1.87. The maximum atomic E-state index is 10.9. The highest BCUT2D eigenvalue weighted by molar-refractivity contribution is 6.44. The van der Waals surface area contributed by atoms with Crippen molar-refractivity contribution in [3.63, 3.8) is 0 Å². The van der Waals surface area contributed by atoms with Crippen LogP contribution in [-0.2, 0) is 9.59 Å². The molecule has 0 aliphatic carbocycles. The van der Waals surface area contributed by atoms with Gasteiger partial charge in [0.15, 0.2) is 5.92 Å². The molecule has 4 nitrogen and oxygen atoms in total. The molecule has 0 radical (unpaired) electrons. The van der Waals surface area contributed by atoms with Crippen LogP contribution in [0, 0.1) is 5.92 Å². The predicted octanol–water partition coefficient (Wildman–Crippen LogP) is 0.811. The van der Waals surface area contributed by atoms with Gasteiger partial charge in [-0.1, -0.05) is 11.6 Å². The maximum Gasteiger partial charge on any atom is 0.320 e. The normalized spacial score (nSPS) is 23.2. The van der Waals surface area contributed by atoms with E-state index < -0.39 is 17.8 Å². The van der Waals surface area contributed by atoms with Crippen molar-refractivity contribution < 1.29 is 14.7 Å². The van der Waals surface area contributed by atoms with Crippen LogP contribution in [0.2, 0.25) is 0 Å². The highest BCUT2D eigenvalue weighted by Crippen LogP contribution is 2.17. The lowest BCUT2D eigenvalue weighted by Gasteiger charge is -2.09. The summed E-state index contributed by atoms with van der Waals surface area (Å²) < 4.78 is 0. The summed E-state index contributed by atoms with van der Waals surface area (Å²) in [6, 6.07) is 0. The van der Waals surface area contributed by atoms with Gasteiger partial charge in [0.1, 0.15) is 0 Å². The molecule has 5 heteroatoms. The molecule has 1 heterocycles. The van der Waals surface area contributed by atoms with Crippen LogP contribution in [0.25, 0.3) is 0 Å². The molecule has 1 atom stereocenters. The van der Waals surface area contributed by atoms with E-state index in [0.29, 0.717) is 5.71 Å². The Hall–Kier alpha value is -1.16. The Bertz CT molecular complexity index is 306. The van der Waals surface area contributed by atoms with Gasteiger partial charge >= 0.3 is 5.97 Å². The quantitative estimate of drug-likeness (QED) is 0.618. The average Bonchev–Trinajstić information content (AvgIpc) is 1.96. The van der Waals surface area contributed by atoms with Gasteiger partial charge in [-0.15, -0.1) is 0 Å². The van der Waals surface area contributed by atoms with Crippen LogP contribution < -0.4 is 0 Å². The van der Waals surface area contributed by atoms with Crippen LogP contribution in [0.4, 0.5) is 0 Å². The molecule has 0 fully saturated rings. The minimum atomic E-state index is -1.23. The molecule has 0 aromatic heterocycles. The summed E-state index contributed by atoms with van der Waals surface area (Å²) in [5.74, 6) is -3.13. The van der Waals surface area contributed by atoms with E-state index in [1.165, 1.54) is 6.08 Å². The number of carbonyl (C=O) groups excluding carboxylic acids is 1. The zero-order chi connectivity index (χ0) is 9.30. The predicted molar refractivity (Wildman–Crippen MR) is 43.2 cm³/mol. The Morgan fingerprint density at radius 2 is 2.33 bits per heavy atom. The summed E-state index contributed by atoms with van der Waals surface area (Å²) in [6.07, 6.45) is 1.19. The fraction of sp³-hybridized carbons (Fsp3) is 0.286. The number of carboxylic acids is 1. The summed E-state index contributed by atoms with van der Waals surface area (Å²) in [5, 5.41) is 8.74. The van der Waals surface area contributed by atoms with E-state index in [4.69, 9.17) is 16.7 Å². The smallest absolute Gasteiger partial charge is 0.320 e. The van der Waals surface area contributed by atoms with Crippen molar-refractivity contribution in [3.05, 3.63) is 11.1 Å². The van der Waals surface area contributed by atoms with E-state index in [0.717, 1.165) is 0 Å². The molecule has 0 saturated heterocycles. The number of aliphatic imine (C=N–C) groups is 1. The largest absolute Gasteiger partial charge is 0.480 e. The van der Waals surface area contributed by atoms with Gasteiger partial charge in [-0.05, 0) is 13.0 Å². The van der Waals surface area contributed by atoms with E-state index >= 15 is 0 Å². The van der Waals surface area contributed by atoms with Gasteiger partial charge in [-0.2, -0.15) is 0 Å². The molecular weight excluding hydrogens is 182 g/mol. The number of aliphatic carboxylic acids is 1. The molecule has 0 aromatic carbocycles. The number of hydrogen-bond acceptors (Lipinski definition) is 2. The van der Waals surface area contributed by atoms with Gasteiger partial charge < -0.3 is 5.11 Å². The van der Waals surface area contributed by atoms with Crippen molar-refractivity contribution in [1.82, 2.24) is 0 Å². The minimum Gasteiger partial charge on any atom is -0.480 e. The molecule has 1 amide bonds. The maximum absolute atomic E-state index is 10.9. The number of halogens is 1. The number of carbonyl (C=O) groups is 2. The van der Waals surface area contributed by atoms with E-state index in [9.17, 15) is 9.59 Å². The fourth-order valence-electron chi connectivity index (χ4n) is 0.803. The Kier molecular flexibility index (Phi) is 2.28. The van der Waals surface area contributed by atoms with Crippen LogP contribution in [0.1, 0.15) is 6.92 Å². The third kappa shape index (κ3) is 1.53. The Morgan fingerprint density at radius 1 is 1.75 bits per heavy atom. The van der Waals surface area contributed by atoms with E-state index in [1.54, 1.807) is 6.92 Å². The zero-order valence-electron chi connectivity index (χ0n) is 6.24. The van der Waals surface area contributed by atoms with Gasteiger partial charge in [0, 0.05) is 0 Å². The first kappa shape index (κ1) is 8.93. The second-order valence-corrected chi connectivity index (χ2v) is 2.77. The average molecular weight is 188 g/mol. The molecular formula is C7H6ClNO3. The topological polar surface area (TPSA) is 66.7 Å². The Balaban J connectivity index is 2.99. The lowest BCUT2D eigenvalue weighted by Crippen LogP contribution is -2.24. The number of allylic oxidation sites excluding steroid dienone is 1. The highest BCUT2D eigenvalue weighted by atomic mass is 35.5. The van der Waals surface area contributed by atoms with Crippen LogP contribution in [0.5, 0.6) is 0 Å². The number of hydrogen-bond donors (Lipinski definition) is 1. The van der Waals surface area contributed by atoms with Crippen molar-refractivity contribution in [2.24, 2.45) is 10.9 Å². The van der Waals surface area contributed by atoms with E-state index in [2.05, 4.69) is 4.99 Å². The number of rotatable bonds is 1. The summed E-state index contributed by atoms with van der Waals surface area (Å²) in [7, 11) is 0. The fourth-order valence-corrected chi connectivity index (χ4v) is 0.972. The van der Waals surface area contributed by atoms with Crippen molar-refractivity contribution in [1.29, 1.82) is 0 Å². The van der Waals surface area contributed by atoms with Crippen LogP contribution in [-0.4, -0.2) is 22.7 Å². The van der Waals surface area contributed by atoms with E-state index in [1.807, 2.05) is 0 Å². The van der Waals surface area contributed by atoms with Crippen molar-refractivity contribution >= 4 is 29.2 Å². The molecule has 12 heavy (non-hydrogen) atoms. The first-order valence-electron chi connectivity index (χ1n) is 3.22. The zero-order valence-corrected chi connectivity index (χ0v) is 7.00. The first-order valence-corrected chi connectivity index (χ1v) is 3.60. The second kappa shape index (κ2) is 3.06. The number of dihydropyridines is 1. The summed E-state index contributed by atoms with van der Waals surface area (Å²) in [4.78, 5) is 24.8. The van der Waals surface area contributed by atoms with Crippen LogP contribution >= 0.6 is 11.6 Å². The molecule has 1 aliphatic rings. The Morgan fingerprint density at radius 3 is 2.83 bits per heavy atom. The first-order chi connectivity index (χ1) is 5.52. The van der Waals surface area contributed by atoms with Crippen LogP contribution in [0.3, 0.4) is 0 Å². The van der Waals surface area contributed by atoms with Crippen molar-refractivity contribution in [2.45, 2.75) is 6.92 Å². The van der Waals surface area contributed by atoms with E-state index in [-0.39, 0.29) is 5.03 Å². The summed E-state index contributed by atoms with van der Waals surface area (Å²) in [5.41, 5.74) is 0.360. The lowest BCUT2D eigenvalue weighted by atomic mass is 10.1. The number of carboxylic acid groups (broad SMARTS) is 1. The van der Waals surface area contributed by atoms with Crippen molar-refractivity contribution in [3.8, 4) is 0 Å².